The number of amides is 2. The molecule has 0 saturated carbocycles. The molecule has 1 aromatic heterocycles. The first kappa shape index (κ1) is 16.0. The third-order valence-electron chi connectivity index (χ3n) is 4.11. The van der Waals surface area contributed by atoms with Gasteiger partial charge in [0.05, 0.1) is 5.92 Å². The Hall–Kier alpha value is -2.89. The summed E-state index contributed by atoms with van der Waals surface area (Å²) in [4.78, 5) is 30.1. The minimum atomic E-state index is -0.440. The number of rotatable bonds is 4. The Bertz CT molecular complexity index is 758. The number of nitrogens with one attached hydrogen (secondary N) is 1. The molecule has 1 aromatic carbocycles. The van der Waals surface area contributed by atoms with E-state index in [9.17, 15) is 14.7 Å². The first-order valence-electron chi connectivity index (χ1n) is 7.81. The summed E-state index contributed by atoms with van der Waals surface area (Å²) in [5, 5.41) is 12.3. The van der Waals surface area contributed by atoms with E-state index in [1.165, 1.54) is 17.8 Å². The number of pyridine rings is 1. The van der Waals surface area contributed by atoms with Crippen molar-refractivity contribution < 1.29 is 14.7 Å². The normalized spacial score (nSPS) is 17.1. The Kier molecular flexibility index (Phi) is 4.46. The molecule has 2 amide bonds. The van der Waals surface area contributed by atoms with E-state index < -0.39 is 5.92 Å². The second kappa shape index (κ2) is 6.70. The molecule has 1 aliphatic rings. The van der Waals surface area contributed by atoms with E-state index in [2.05, 4.69) is 10.3 Å². The monoisotopic (exact) mass is 325 g/mol. The summed E-state index contributed by atoms with van der Waals surface area (Å²) in [7, 11) is 0. The van der Waals surface area contributed by atoms with Crippen LogP contribution in [0.3, 0.4) is 0 Å². The molecule has 0 unspecified atom stereocenters. The quantitative estimate of drug-likeness (QED) is 0.901. The first-order valence-corrected chi connectivity index (χ1v) is 7.81. The Morgan fingerprint density at radius 1 is 1.33 bits per heavy atom. The van der Waals surface area contributed by atoms with Crippen LogP contribution in [-0.2, 0) is 16.1 Å². The van der Waals surface area contributed by atoms with Gasteiger partial charge in [0.15, 0.2) is 11.6 Å². The van der Waals surface area contributed by atoms with Crippen molar-refractivity contribution >= 4 is 17.6 Å². The SMILES string of the molecule is Cc1ccc(CN2C[C@@H](C(=O)Nc3ncccc3O)CC2=O)cc1. The zero-order valence-corrected chi connectivity index (χ0v) is 13.4. The van der Waals surface area contributed by atoms with Crippen LogP contribution in [0.25, 0.3) is 0 Å². The Morgan fingerprint density at radius 2 is 2.08 bits per heavy atom. The topological polar surface area (TPSA) is 82.5 Å². The smallest absolute Gasteiger partial charge is 0.231 e. The molecule has 0 radical (unpaired) electrons. The fourth-order valence-corrected chi connectivity index (χ4v) is 2.73. The maximum atomic E-state index is 12.3. The fourth-order valence-electron chi connectivity index (χ4n) is 2.73. The summed E-state index contributed by atoms with van der Waals surface area (Å²) in [6, 6.07) is 11.0. The van der Waals surface area contributed by atoms with E-state index in [0.717, 1.165) is 5.56 Å². The molecule has 0 bridgehead atoms. The highest BCUT2D eigenvalue weighted by Gasteiger charge is 2.34. The lowest BCUT2D eigenvalue weighted by molar-refractivity contribution is -0.128. The lowest BCUT2D eigenvalue weighted by atomic mass is 10.1. The molecule has 0 aliphatic carbocycles. The van der Waals surface area contributed by atoms with Gasteiger partial charge in [-0.1, -0.05) is 29.8 Å². The Labute approximate surface area is 140 Å². The second-order valence-corrected chi connectivity index (χ2v) is 6.02. The van der Waals surface area contributed by atoms with Crippen LogP contribution >= 0.6 is 0 Å². The van der Waals surface area contributed by atoms with Crippen LogP contribution in [0.4, 0.5) is 5.82 Å². The number of hydrogen-bond donors (Lipinski definition) is 2. The van der Waals surface area contributed by atoms with Crippen molar-refractivity contribution in [2.45, 2.75) is 19.9 Å². The van der Waals surface area contributed by atoms with Crippen molar-refractivity contribution in [3.05, 3.63) is 53.7 Å². The maximum Gasteiger partial charge on any atom is 0.231 e. The molecule has 0 spiro atoms. The van der Waals surface area contributed by atoms with Gasteiger partial charge in [-0.15, -0.1) is 0 Å². The van der Waals surface area contributed by atoms with E-state index >= 15 is 0 Å². The van der Waals surface area contributed by atoms with Crippen molar-refractivity contribution in [2.24, 2.45) is 5.92 Å². The molecule has 1 aliphatic heterocycles. The standard InChI is InChI=1S/C18H19N3O3/c1-12-4-6-13(7-5-12)10-21-11-14(9-16(21)23)18(24)20-17-15(22)3-2-8-19-17/h2-8,14,22H,9-11H2,1H3,(H,19,20,24)/t14-/m0/s1. The molecule has 2 N–H and O–H groups in total. The van der Waals surface area contributed by atoms with E-state index in [0.29, 0.717) is 13.1 Å². The zero-order valence-electron chi connectivity index (χ0n) is 13.4. The summed E-state index contributed by atoms with van der Waals surface area (Å²) >= 11 is 0. The molecule has 1 atom stereocenters. The van der Waals surface area contributed by atoms with Gasteiger partial charge in [-0.05, 0) is 24.6 Å². The molecule has 2 heterocycles. The lowest BCUT2D eigenvalue weighted by Crippen LogP contribution is -2.28. The second-order valence-electron chi connectivity index (χ2n) is 6.02. The number of anilines is 1. The lowest BCUT2D eigenvalue weighted by Gasteiger charge is -2.17. The van der Waals surface area contributed by atoms with Crippen LogP contribution in [0.2, 0.25) is 0 Å². The number of likely N-dealkylation sites (tertiary alicyclic amines) is 1. The highest BCUT2D eigenvalue weighted by Crippen LogP contribution is 2.24. The Balaban J connectivity index is 1.62. The number of aromatic hydroxyl groups is 1. The number of benzene rings is 1. The molecule has 1 saturated heterocycles. The molecule has 6 heteroatoms. The molecule has 1 fully saturated rings. The van der Waals surface area contributed by atoms with E-state index in [1.54, 1.807) is 11.0 Å². The van der Waals surface area contributed by atoms with Crippen LogP contribution in [0.1, 0.15) is 17.5 Å². The van der Waals surface area contributed by atoms with Crippen molar-refractivity contribution in [2.75, 3.05) is 11.9 Å². The molecule has 124 valence electrons. The van der Waals surface area contributed by atoms with Gasteiger partial charge in [0.2, 0.25) is 11.8 Å². The number of nitrogens with zero attached hydrogens (tertiary/aromatic N) is 2. The summed E-state index contributed by atoms with van der Waals surface area (Å²) in [5.41, 5.74) is 2.20. The van der Waals surface area contributed by atoms with Crippen molar-refractivity contribution in [3.63, 3.8) is 0 Å². The summed E-state index contributed by atoms with van der Waals surface area (Å²) < 4.78 is 0. The molecular formula is C18H19N3O3. The zero-order chi connectivity index (χ0) is 17.1. The summed E-state index contributed by atoms with van der Waals surface area (Å²) in [6.45, 7) is 2.88. The van der Waals surface area contributed by atoms with Gasteiger partial charge in [0.25, 0.3) is 0 Å². The van der Waals surface area contributed by atoms with Crippen LogP contribution in [0.15, 0.2) is 42.6 Å². The van der Waals surface area contributed by atoms with Gasteiger partial charge in [0, 0.05) is 25.7 Å². The largest absolute Gasteiger partial charge is 0.504 e. The van der Waals surface area contributed by atoms with Crippen LogP contribution < -0.4 is 5.32 Å². The molecule has 6 nitrogen and oxygen atoms in total. The minimum absolute atomic E-state index is 0.0408. The highest BCUT2D eigenvalue weighted by molar-refractivity contribution is 5.97. The van der Waals surface area contributed by atoms with E-state index in [1.807, 2.05) is 31.2 Å². The van der Waals surface area contributed by atoms with Gasteiger partial charge in [-0.25, -0.2) is 4.98 Å². The number of carbonyl (C=O) groups excluding carboxylic acids is 2. The van der Waals surface area contributed by atoms with Crippen LogP contribution in [0, 0.1) is 12.8 Å². The molecule has 3 rings (SSSR count). The summed E-state index contributed by atoms with van der Waals surface area (Å²) in [6.07, 6.45) is 1.66. The van der Waals surface area contributed by atoms with Gasteiger partial charge in [-0.2, -0.15) is 0 Å². The first-order chi connectivity index (χ1) is 11.5. The Morgan fingerprint density at radius 3 is 2.79 bits per heavy atom. The highest BCUT2D eigenvalue weighted by atomic mass is 16.3. The number of hydrogen-bond acceptors (Lipinski definition) is 4. The van der Waals surface area contributed by atoms with E-state index in [4.69, 9.17) is 0 Å². The molecule has 24 heavy (non-hydrogen) atoms. The van der Waals surface area contributed by atoms with Crippen LogP contribution in [-0.4, -0.2) is 33.3 Å². The average Bonchev–Trinajstić information content (AvgIpc) is 2.93. The minimum Gasteiger partial charge on any atom is -0.504 e. The van der Waals surface area contributed by atoms with Crippen molar-refractivity contribution in [1.29, 1.82) is 0 Å². The third-order valence-corrected chi connectivity index (χ3v) is 4.11. The predicted octanol–water partition coefficient (Wildman–Crippen LogP) is 2.08. The molecular weight excluding hydrogens is 306 g/mol. The summed E-state index contributed by atoms with van der Waals surface area (Å²) in [5.74, 6) is -0.757. The fraction of sp³-hybridized carbons (Fsp3) is 0.278. The van der Waals surface area contributed by atoms with Gasteiger partial charge in [0.1, 0.15) is 0 Å². The maximum absolute atomic E-state index is 12.3. The number of aromatic nitrogens is 1. The third kappa shape index (κ3) is 3.53. The van der Waals surface area contributed by atoms with E-state index in [-0.39, 0.29) is 29.8 Å². The molecule has 2 aromatic rings. The average molecular weight is 325 g/mol. The van der Waals surface area contributed by atoms with Crippen LogP contribution in [0.5, 0.6) is 5.75 Å². The number of carbonyl (C=O) groups is 2. The van der Waals surface area contributed by atoms with Crippen molar-refractivity contribution in [1.82, 2.24) is 9.88 Å². The van der Waals surface area contributed by atoms with Gasteiger partial charge >= 0.3 is 0 Å². The van der Waals surface area contributed by atoms with Gasteiger partial charge in [-0.3, -0.25) is 9.59 Å². The predicted molar refractivity (Wildman–Crippen MR) is 89.2 cm³/mol. The van der Waals surface area contributed by atoms with Gasteiger partial charge < -0.3 is 15.3 Å². The number of aryl methyl sites for hydroxylation is 1. The van der Waals surface area contributed by atoms with Crippen molar-refractivity contribution in [3.8, 4) is 5.75 Å².